The van der Waals surface area contributed by atoms with Crippen LogP contribution in [0, 0.1) is 11.8 Å². The topological polar surface area (TPSA) is 50.4 Å². The molecule has 82 valence electrons. The van der Waals surface area contributed by atoms with Crippen LogP contribution in [0.4, 0.5) is 0 Å². The first-order chi connectivity index (χ1) is 6.59. The predicted molar refractivity (Wildman–Crippen MR) is 54.5 cm³/mol. The van der Waals surface area contributed by atoms with Gasteiger partial charge in [0, 0.05) is 6.54 Å². The maximum absolute atomic E-state index is 11.6. The lowest BCUT2D eigenvalue weighted by Gasteiger charge is -2.26. The van der Waals surface area contributed by atoms with Crippen LogP contribution >= 0.6 is 0 Å². The smallest absolute Gasteiger partial charge is 0.247 e. The summed E-state index contributed by atoms with van der Waals surface area (Å²) in [6.45, 7) is 7.70. The Hall–Kier alpha value is -0.610. The van der Waals surface area contributed by atoms with Crippen molar-refractivity contribution < 1.29 is 9.63 Å². The van der Waals surface area contributed by atoms with Gasteiger partial charge in [-0.1, -0.05) is 6.92 Å². The molecule has 0 bridgehead atoms. The molecule has 1 amide bonds. The van der Waals surface area contributed by atoms with Gasteiger partial charge in [-0.15, -0.1) is 0 Å². The maximum atomic E-state index is 11.6. The molecule has 14 heavy (non-hydrogen) atoms. The molecule has 0 aromatic rings. The highest BCUT2D eigenvalue weighted by Crippen LogP contribution is 2.15. The van der Waals surface area contributed by atoms with Crippen molar-refractivity contribution in [2.24, 2.45) is 11.8 Å². The number of rotatable bonds is 3. The van der Waals surface area contributed by atoms with Crippen LogP contribution in [-0.2, 0) is 9.63 Å². The lowest BCUT2D eigenvalue weighted by molar-refractivity contribution is -0.142. The van der Waals surface area contributed by atoms with Crippen molar-refractivity contribution in [3.05, 3.63) is 0 Å². The minimum atomic E-state index is -0.00208. The quantitative estimate of drug-likeness (QED) is 0.659. The molecule has 4 heteroatoms. The van der Waals surface area contributed by atoms with E-state index in [0.29, 0.717) is 5.92 Å². The van der Waals surface area contributed by atoms with Gasteiger partial charge < -0.3 is 5.32 Å². The molecular formula is C10H20N2O2. The van der Waals surface area contributed by atoms with E-state index in [-0.39, 0.29) is 17.9 Å². The number of carbonyl (C=O) groups excluding carboxylic acids is 1. The summed E-state index contributed by atoms with van der Waals surface area (Å²) in [6, 6.07) is 0. The SMILES string of the molecule is CC1CNCC(C(=O)NOC(C)C)C1. The van der Waals surface area contributed by atoms with Gasteiger partial charge in [-0.3, -0.25) is 9.63 Å². The monoisotopic (exact) mass is 200 g/mol. The predicted octanol–water partition coefficient (Wildman–Crippen LogP) is 0.688. The summed E-state index contributed by atoms with van der Waals surface area (Å²) in [6.07, 6.45) is 0.980. The largest absolute Gasteiger partial charge is 0.316 e. The Morgan fingerprint density at radius 3 is 2.79 bits per heavy atom. The van der Waals surface area contributed by atoms with E-state index in [1.54, 1.807) is 0 Å². The Labute approximate surface area is 85.3 Å². The van der Waals surface area contributed by atoms with Crippen LogP contribution < -0.4 is 10.8 Å². The summed E-state index contributed by atoms with van der Waals surface area (Å²) in [5.74, 6) is 0.619. The molecule has 0 spiro atoms. The average molecular weight is 200 g/mol. The molecule has 0 radical (unpaired) electrons. The Kier molecular flexibility index (Phi) is 4.35. The van der Waals surface area contributed by atoms with E-state index in [1.165, 1.54) is 0 Å². The van der Waals surface area contributed by atoms with Gasteiger partial charge in [0.2, 0.25) is 5.91 Å². The standard InChI is InChI=1S/C10H20N2O2/c1-7(2)14-12-10(13)9-4-8(3)5-11-6-9/h7-9,11H,4-6H2,1-3H3,(H,12,13). The van der Waals surface area contributed by atoms with Crippen molar-refractivity contribution in [2.75, 3.05) is 13.1 Å². The van der Waals surface area contributed by atoms with Gasteiger partial charge in [-0.05, 0) is 32.7 Å². The van der Waals surface area contributed by atoms with Crippen molar-refractivity contribution in [2.45, 2.75) is 33.3 Å². The number of carbonyl (C=O) groups is 1. The van der Waals surface area contributed by atoms with E-state index >= 15 is 0 Å². The molecule has 4 nitrogen and oxygen atoms in total. The molecule has 2 atom stereocenters. The second-order valence-corrected chi connectivity index (χ2v) is 4.33. The van der Waals surface area contributed by atoms with E-state index < -0.39 is 0 Å². The summed E-state index contributed by atoms with van der Waals surface area (Å²) < 4.78 is 0. The van der Waals surface area contributed by atoms with Crippen molar-refractivity contribution in [1.29, 1.82) is 0 Å². The summed E-state index contributed by atoms with van der Waals surface area (Å²) in [4.78, 5) is 16.6. The number of hydroxylamine groups is 1. The van der Waals surface area contributed by atoms with Crippen LogP contribution in [0.1, 0.15) is 27.2 Å². The Bertz CT molecular complexity index is 195. The summed E-state index contributed by atoms with van der Waals surface area (Å²) in [5.41, 5.74) is 2.49. The van der Waals surface area contributed by atoms with Crippen LogP contribution in [0.25, 0.3) is 0 Å². The van der Waals surface area contributed by atoms with E-state index in [9.17, 15) is 4.79 Å². The fourth-order valence-electron chi connectivity index (χ4n) is 1.62. The Morgan fingerprint density at radius 1 is 1.50 bits per heavy atom. The first kappa shape index (κ1) is 11.5. The Balaban J connectivity index is 2.29. The zero-order valence-corrected chi connectivity index (χ0v) is 9.17. The maximum Gasteiger partial charge on any atom is 0.247 e. The highest BCUT2D eigenvalue weighted by atomic mass is 16.7. The molecule has 1 aliphatic rings. The van der Waals surface area contributed by atoms with Crippen LogP contribution in [0.15, 0.2) is 0 Å². The molecule has 1 saturated heterocycles. The number of hydrogen-bond acceptors (Lipinski definition) is 3. The van der Waals surface area contributed by atoms with E-state index in [4.69, 9.17) is 4.84 Å². The summed E-state index contributed by atoms with van der Waals surface area (Å²) in [5, 5.41) is 3.24. The number of hydrogen-bond donors (Lipinski definition) is 2. The molecular weight excluding hydrogens is 180 g/mol. The molecule has 0 saturated carbocycles. The second-order valence-electron chi connectivity index (χ2n) is 4.33. The third-order valence-electron chi connectivity index (χ3n) is 2.34. The number of nitrogens with one attached hydrogen (secondary N) is 2. The summed E-state index contributed by atoms with van der Waals surface area (Å²) in [7, 11) is 0. The first-order valence-electron chi connectivity index (χ1n) is 5.25. The van der Waals surface area contributed by atoms with Gasteiger partial charge in [0.1, 0.15) is 0 Å². The fraction of sp³-hybridized carbons (Fsp3) is 0.900. The van der Waals surface area contributed by atoms with E-state index in [2.05, 4.69) is 17.7 Å². The zero-order valence-electron chi connectivity index (χ0n) is 9.17. The highest BCUT2D eigenvalue weighted by molar-refractivity contribution is 5.77. The minimum absolute atomic E-state index is 0.00208. The lowest BCUT2D eigenvalue weighted by Crippen LogP contribution is -2.43. The van der Waals surface area contributed by atoms with Crippen molar-refractivity contribution in [1.82, 2.24) is 10.8 Å². The third kappa shape index (κ3) is 3.64. The fourth-order valence-corrected chi connectivity index (χ4v) is 1.62. The molecule has 1 heterocycles. The van der Waals surface area contributed by atoms with Gasteiger partial charge >= 0.3 is 0 Å². The molecule has 1 fully saturated rings. The molecule has 0 aromatic carbocycles. The lowest BCUT2D eigenvalue weighted by atomic mass is 9.91. The van der Waals surface area contributed by atoms with Crippen molar-refractivity contribution in [3.8, 4) is 0 Å². The van der Waals surface area contributed by atoms with Crippen LogP contribution in [0.2, 0.25) is 0 Å². The van der Waals surface area contributed by atoms with Gasteiger partial charge in [-0.25, -0.2) is 5.48 Å². The molecule has 1 aliphatic heterocycles. The molecule has 2 unspecified atom stereocenters. The highest BCUT2D eigenvalue weighted by Gasteiger charge is 2.24. The molecule has 2 N–H and O–H groups in total. The molecule has 0 aromatic heterocycles. The molecule has 1 rings (SSSR count). The number of amides is 1. The third-order valence-corrected chi connectivity index (χ3v) is 2.34. The Morgan fingerprint density at radius 2 is 2.21 bits per heavy atom. The van der Waals surface area contributed by atoms with Crippen molar-refractivity contribution >= 4 is 5.91 Å². The average Bonchev–Trinajstić information content (AvgIpc) is 2.14. The van der Waals surface area contributed by atoms with Crippen LogP contribution in [0.3, 0.4) is 0 Å². The van der Waals surface area contributed by atoms with Gasteiger partial charge in [0.15, 0.2) is 0 Å². The van der Waals surface area contributed by atoms with Crippen LogP contribution in [-0.4, -0.2) is 25.1 Å². The second kappa shape index (κ2) is 5.32. The van der Waals surface area contributed by atoms with E-state index in [0.717, 1.165) is 19.5 Å². The normalized spacial score (nSPS) is 27.7. The molecule has 0 aliphatic carbocycles. The minimum Gasteiger partial charge on any atom is -0.316 e. The van der Waals surface area contributed by atoms with Crippen molar-refractivity contribution in [3.63, 3.8) is 0 Å². The van der Waals surface area contributed by atoms with Gasteiger partial charge in [0.25, 0.3) is 0 Å². The van der Waals surface area contributed by atoms with Crippen LogP contribution in [0.5, 0.6) is 0 Å². The van der Waals surface area contributed by atoms with E-state index in [1.807, 2.05) is 13.8 Å². The first-order valence-corrected chi connectivity index (χ1v) is 5.25. The number of piperidine rings is 1. The summed E-state index contributed by atoms with van der Waals surface area (Å²) >= 11 is 0. The van der Waals surface area contributed by atoms with Gasteiger partial charge in [-0.2, -0.15) is 0 Å². The van der Waals surface area contributed by atoms with Gasteiger partial charge in [0.05, 0.1) is 12.0 Å². The zero-order chi connectivity index (χ0) is 10.6.